The molecule has 0 aromatic heterocycles. The van der Waals surface area contributed by atoms with Crippen molar-refractivity contribution in [3.8, 4) is 0 Å². The number of carboxylic acids is 1. The first kappa shape index (κ1) is 13.2. The van der Waals surface area contributed by atoms with E-state index in [1.165, 1.54) is 0 Å². The predicted octanol–water partition coefficient (Wildman–Crippen LogP) is 2.39. The maximum atomic E-state index is 11.2. The van der Waals surface area contributed by atoms with Gasteiger partial charge in [0.25, 0.3) is 0 Å². The van der Waals surface area contributed by atoms with E-state index >= 15 is 0 Å². The van der Waals surface area contributed by atoms with Crippen LogP contribution in [0.4, 0.5) is 0 Å². The highest BCUT2D eigenvalue weighted by Crippen LogP contribution is 2.34. The van der Waals surface area contributed by atoms with Gasteiger partial charge in [-0.25, -0.2) is 0 Å². The number of likely N-dealkylation sites (tertiary alicyclic amines) is 1. The van der Waals surface area contributed by atoms with Crippen molar-refractivity contribution in [3.63, 3.8) is 0 Å². The molecule has 1 fully saturated rings. The number of piperidine rings is 1. The summed E-state index contributed by atoms with van der Waals surface area (Å²) >= 11 is 0. The Hall–Kier alpha value is -0.830. The summed E-state index contributed by atoms with van der Waals surface area (Å²) < 4.78 is 0. The normalized spacial score (nSPS) is 23.1. The lowest BCUT2D eigenvalue weighted by Gasteiger charge is -2.39. The standard InChI is InChI=1S/C13H23NO2/c1-10(2)8-14-7-5-6-11(9-14)13(3,4)12(15)16/h11H,1,5-9H2,2-4H3,(H,15,16). The van der Waals surface area contributed by atoms with Crippen LogP contribution in [-0.2, 0) is 4.79 Å². The zero-order valence-corrected chi connectivity index (χ0v) is 10.6. The molecule has 1 unspecified atom stereocenters. The van der Waals surface area contributed by atoms with E-state index in [1.807, 2.05) is 20.8 Å². The van der Waals surface area contributed by atoms with Crippen LogP contribution in [0.25, 0.3) is 0 Å². The first-order chi connectivity index (χ1) is 7.34. The van der Waals surface area contributed by atoms with Gasteiger partial charge in [0.15, 0.2) is 0 Å². The molecule has 0 aromatic rings. The Labute approximate surface area is 98.1 Å². The summed E-state index contributed by atoms with van der Waals surface area (Å²) in [5.41, 5.74) is 0.530. The van der Waals surface area contributed by atoms with Gasteiger partial charge >= 0.3 is 5.97 Å². The molecule has 1 rings (SSSR count). The monoisotopic (exact) mass is 225 g/mol. The van der Waals surface area contributed by atoms with Crippen LogP contribution in [0, 0.1) is 11.3 Å². The van der Waals surface area contributed by atoms with Gasteiger partial charge in [0.2, 0.25) is 0 Å². The molecule has 0 radical (unpaired) electrons. The minimum Gasteiger partial charge on any atom is -0.481 e. The molecule has 0 saturated carbocycles. The largest absolute Gasteiger partial charge is 0.481 e. The highest BCUT2D eigenvalue weighted by atomic mass is 16.4. The number of hydrogen-bond donors (Lipinski definition) is 1. The van der Waals surface area contributed by atoms with Crippen LogP contribution in [0.5, 0.6) is 0 Å². The average molecular weight is 225 g/mol. The second kappa shape index (κ2) is 5.00. The van der Waals surface area contributed by atoms with Gasteiger partial charge in [-0.1, -0.05) is 12.2 Å². The summed E-state index contributed by atoms with van der Waals surface area (Å²) in [6.07, 6.45) is 2.11. The van der Waals surface area contributed by atoms with Gasteiger partial charge in [-0.2, -0.15) is 0 Å². The Balaban J connectivity index is 2.63. The molecule has 92 valence electrons. The minimum atomic E-state index is -0.685. The van der Waals surface area contributed by atoms with Crippen LogP contribution in [0.15, 0.2) is 12.2 Å². The van der Waals surface area contributed by atoms with E-state index in [-0.39, 0.29) is 5.92 Å². The Bertz CT molecular complexity index is 284. The predicted molar refractivity (Wildman–Crippen MR) is 65.4 cm³/mol. The summed E-state index contributed by atoms with van der Waals surface area (Å²) in [6, 6.07) is 0. The lowest BCUT2D eigenvalue weighted by Crippen LogP contribution is -2.45. The Morgan fingerprint density at radius 2 is 2.19 bits per heavy atom. The van der Waals surface area contributed by atoms with E-state index in [0.717, 1.165) is 38.0 Å². The van der Waals surface area contributed by atoms with Crippen LogP contribution >= 0.6 is 0 Å². The van der Waals surface area contributed by atoms with Crippen molar-refractivity contribution in [2.75, 3.05) is 19.6 Å². The number of nitrogens with zero attached hydrogens (tertiary/aromatic N) is 1. The van der Waals surface area contributed by atoms with Crippen LogP contribution in [0.3, 0.4) is 0 Å². The van der Waals surface area contributed by atoms with Crippen molar-refractivity contribution in [1.29, 1.82) is 0 Å². The molecule has 0 aliphatic carbocycles. The maximum Gasteiger partial charge on any atom is 0.309 e. The van der Waals surface area contributed by atoms with E-state index < -0.39 is 11.4 Å². The van der Waals surface area contributed by atoms with Crippen molar-refractivity contribution in [3.05, 3.63) is 12.2 Å². The molecule has 1 atom stereocenters. The first-order valence-electron chi connectivity index (χ1n) is 5.94. The Kier molecular flexibility index (Phi) is 4.14. The van der Waals surface area contributed by atoms with E-state index in [9.17, 15) is 9.90 Å². The summed E-state index contributed by atoms with van der Waals surface area (Å²) in [5, 5.41) is 9.23. The van der Waals surface area contributed by atoms with Crippen LogP contribution in [-0.4, -0.2) is 35.6 Å². The molecule has 3 nitrogen and oxygen atoms in total. The molecular weight excluding hydrogens is 202 g/mol. The number of rotatable bonds is 4. The van der Waals surface area contributed by atoms with Crippen molar-refractivity contribution in [2.45, 2.75) is 33.6 Å². The number of carboxylic acid groups (broad SMARTS) is 1. The summed E-state index contributed by atoms with van der Waals surface area (Å²) in [6.45, 7) is 12.5. The molecule has 1 aliphatic rings. The smallest absolute Gasteiger partial charge is 0.309 e. The zero-order valence-electron chi connectivity index (χ0n) is 10.6. The number of aliphatic carboxylic acids is 1. The molecular formula is C13H23NO2. The molecule has 0 spiro atoms. The fourth-order valence-electron chi connectivity index (χ4n) is 2.34. The molecule has 3 heteroatoms. The maximum absolute atomic E-state index is 11.2. The first-order valence-corrected chi connectivity index (χ1v) is 5.94. The average Bonchev–Trinajstić information content (AvgIpc) is 2.16. The molecule has 0 bridgehead atoms. The topological polar surface area (TPSA) is 40.5 Å². The van der Waals surface area contributed by atoms with Crippen molar-refractivity contribution in [2.24, 2.45) is 11.3 Å². The molecule has 1 saturated heterocycles. The Morgan fingerprint density at radius 1 is 1.56 bits per heavy atom. The quantitative estimate of drug-likeness (QED) is 0.747. The number of carbonyl (C=O) groups is 1. The third-order valence-corrected chi connectivity index (χ3v) is 3.57. The molecule has 16 heavy (non-hydrogen) atoms. The third-order valence-electron chi connectivity index (χ3n) is 3.57. The summed E-state index contributed by atoms with van der Waals surface area (Å²) in [4.78, 5) is 13.5. The van der Waals surface area contributed by atoms with Crippen LogP contribution in [0.2, 0.25) is 0 Å². The lowest BCUT2D eigenvalue weighted by molar-refractivity contribution is -0.151. The van der Waals surface area contributed by atoms with Gasteiger partial charge < -0.3 is 5.11 Å². The zero-order chi connectivity index (χ0) is 12.3. The highest BCUT2D eigenvalue weighted by molar-refractivity contribution is 5.74. The second-order valence-corrected chi connectivity index (χ2v) is 5.56. The summed E-state index contributed by atoms with van der Waals surface area (Å²) in [7, 11) is 0. The van der Waals surface area contributed by atoms with E-state index in [1.54, 1.807) is 0 Å². The fraction of sp³-hybridized carbons (Fsp3) is 0.769. The Morgan fingerprint density at radius 3 is 2.69 bits per heavy atom. The van der Waals surface area contributed by atoms with E-state index in [2.05, 4.69) is 11.5 Å². The van der Waals surface area contributed by atoms with Gasteiger partial charge in [-0.15, -0.1) is 0 Å². The highest BCUT2D eigenvalue weighted by Gasteiger charge is 2.38. The van der Waals surface area contributed by atoms with Crippen LogP contribution < -0.4 is 0 Å². The van der Waals surface area contributed by atoms with Gasteiger partial charge in [-0.05, 0) is 46.1 Å². The van der Waals surface area contributed by atoms with Crippen molar-refractivity contribution in [1.82, 2.24) is 4.90 Å². The van der Waals surface area contributed by atoms with Gasteiger partial charge in [0.05, 0.1) is 5.41 Å². The third kappa shape index (κ3) is 3.08. The molecule has 0 amide bonds. The molecule has 1 heterocycles. The van der Waals surface area contributed by atoms with Gasteiger partial charge in [-0.3, -0.25) is 9.69 Å². The second-order valence-electron chi connectivity index (χ2n) is 5.56. The van der Waals surface area contributed by atoms with E-state index in [0.29, 0.717) is 0 Å². The van der Waals surface area contributed by atoms with Crippen molar-refractivity contribution < 1.29 is 9.90 Å². The minimum absolute atomic E-state index is 0.248. The van der Waals surface area contributed by atoms with E-state index in [4.69, 9.17) is 0 Å². The van der Waals surface area contributed by atoms with Crippen LogP contribution in [0.1, 0.15) is 33.6 Å². The number of hydrogen-bond acceptors (Lipinski definition) is 2. The molecule has 1 aliphatic heterocycles. The molecule has 0 aromatic carbocycles. The van der Waals surface area contributed by atoms with Crippen molar-refractivity contribution >= 4 is 5.97 Å². The lowest BCUT2D eigenvalue weighted by atomic mass is 9.74. The van der Waals surface area contributed by atoms with Gasteiger partial charge in [0, 0.05) is 13.1 Å². The van der Waals surface area contributed by atoms with Gasteiger partial charge in [0.1, 0.15) is 0 Å². The SMILES string of the molecule is C=C(C)CN1CCCC(C(C)(C)C(=O)O)C1. The fourth-order valence-corrected chi connectivity index (χ4v) is 2.34. The summed E-state index contributed by atoms with van der Waals surface area (Å²) in [5.74, 6) is -0.437. The molecule has 1 N–H and O–H groups in total.